The molecule has 0 aliphatic heterocycles. The number of hydrogen-bond acceptors (Lipinski definition) is 3. The number of nitrogens with one attached hydrogen (secondary N) is 3. The van der Waals surface area contributed by atoms with E-state index in [0.717, 1.165) is 5.52 Å². The van der Waals surface area contributed by atoms with Crippen LogP contribution < -0.4 is 15.7 Å². The average molecular weight is 500 g/mol. The second-order valence-electron chi connectivity index (χ2n) is 8.32. The highest BCUT2D eigenvalue weighted by molar-refractivity contribution is 5.91. The third-order valence-electron chi connectivity index (χ3n) is 5.56. The second kappa shape index (κ2) is 9.16. The Balaban J connectivity index is 1.93. The molecule has 1 aromatic heterocycles. The van der Waals surface area contributed by atoms with E-state index in [2.05, 4.69) is 10.3 Å². The van der Waals surface area contributed by atoms with Crippen LogP contribution in [-0.2, 0) is 23.6 Å². The predicted octanol–water partition coefficient (Wildman–Crippen LogP) is 4.32. The maximum absolute atomic E-state index is 13.2. The Labute approximate surface area is 195 Å². The van der Waals surface area contributed by atoms with Crippen molar-refractivity contribution in [3.8, 4) is 0 Å². The van der Waals surface area contributed by atoms with Crippen molar-refractivity contribution in [2.24, 2.45) is 0 Å². The van der Waals surface area contributed by atoms with E-state index in [9.17, 15) is 41.0 Å². The van der Waals surface area contributed by atoms with Crippen LogP contribution in [0.25, 0.3) is 10.9 Å². The Morgan fingerprint density at radius 3 is 2.11 bits per heavy atom. The molecule has 3 aromatic rings. The van der Waals surface area contributed by atoms with Crippen LogP contribution in [0.5, 0.6) is 0 Å². The normalized spacial score (nSPS) is 14.9. The van der Waals surface area contributed by atoms with Gasteiger partial charge in [-0.05, 0) is 49.2 Å². The van der Waals surface area contributed by atoms with E-state index in [4.69, 9.17) is 0 Å². The van der Waals surface area contributed by atoms with E-state index in [-0.39, 0.29) is 12.5 Å². The molecule has 0 spiro atoms. The molecule has 3 rings (SSSR count). The smallest absolute Gasteiger partial charge is 0.416 e. The lowest BCUT2D eigenvalue weighted by molar-refractivity contribution is -0.252. The van der Waals surface area contributed by atoms with Gasteiger partial charge >= 0.3 is 12.4 Å². The minimum absolute atomic E-state index is 0.0170. The number of amides is 2. The molecule has 35 heavy (non-hydrogen) atoms. The van der Waals surface area contributed by atoms with Crippen LogP contribution in [-0.4, -0.2) is 22.5 Å². The summed E-state index contributed by atoms with van der Waals surface area (Å²) in [7, 11) is 0. The van der Waals surface area contributed by atoms with Gasteiger partial charge in [0.05, 0.1) is 17.2 Å². The number of alkyl halides is 6. The van der Waals surface area contributed by atoms with Crippen LogP contribution in [0.1, 0.15) is 42.1 Å². The molecule has 0 fully saturated rings. The molecule has 0 aliphatic carbocycles. The summed E-state index contributed by atoms with van der Waals surface area (Å²) in [6, 6.07) is 6.66. The molecule has 2 unspecified atom stereocenters. The molecule has 0 saturated heterocycles. The minimum atomic E-state index is -5.06. The Morgan fingerprint density at radius 1 is 1.00 bits per heavy atom. The van der Waals surface area contributed by atoms with Crippen LogP contribution in [0.15, 0.2) is 48.7 Å². The molecular formula is C23H20F6N3O3-. The van der Waals surface area contributed by atoms with Crippen molar-refractivity contribution in [1.82, 2.24) is 15.6 Å². The van der Waals surface area contributed by atoms with Gasteiger partial charge in [-0.1, -0.05) is 18.2 Å². The monoisotopic (exact) mass is 500 g/mol. The fraction of sp³-hybridized carbons (Fsp3) is 0.304. The van der Waals surface area contributed by atoms with Crippen molar-refractivity contribution in [3.05, 3.63) is 70.9 Å². The van der Waals surface area contributed by atoms with Gasteiger partial charge in [0.15, 0.2) is 0 Å². The second-order valence-corrected chi connectivity index (χ2v) is 8.32. The molecule has 0 radical (unpaired) electrons. The Morgan fingerprint density at radius 2 is 1.57 bits per heavy atom. The standard InChI is InChI=1S/C23H21F6N3O3/c1-12(13-7-15(22(24,25)26)9-16(8-13)23(27,28)29)31-19(33)21(2,32-20(34)35)10-14-11-30-18-6-4-3-5-17(14)18/h3-9,11-12,30,32H,10H2,1-2H3,(H,31,33)(H,34,35)/p-1. The average Bonchev–Trinajstić information content (AvgIpc) is 3.14. The summed E-state index contributed by atoms with van der Waals surface area (Å²) >= 11 is 0. The van der Waals surface area contributed by atoms with Gasteiger partial charge in [-0.25, -0.2) is 0 Å². The quantitative estimate of drug-likeness (QED) is 0.440. The van der Waals surface area contributed by atoms with E-state index in [1.54, 1.807) is 30.5 Å². The zero-order chi connectivity index (χ0) is 26.2. The number of fused-ring (bicyclic) bond motifs is 1. The molecule has 2 aromatic carbocycles. The van der Waals surface area contributed by atoms with E-state index in [1.165, 1.54) is 13.8 Å². The van der Waals surface area contributed by atoms with Gasteiger partial charge in [0.25, 0.3) is 0 Å². The van der Waals surface area contributed by atoms with E-state index >= 15 is 0 Å². The number of carbonyl (C=O) groups excluding carboxylic acids is 2. The highest BCUT2D eigenvalue weighted by Crippen LogP contribution is 2.37. The SMILES string of the molecule is CC(NC(=O)C(C)(Cc1c[nH]c2ccccc12)NC(=O)[O-])c1cc(C(F)(F)F)cc(C(F)(F)F)c1. The van der Waals surface area contributed by atoms with Crippen molar-refractivity contribution in [1.29, 1.82) is 0 Å². The number of carbonyl (C=O) groups is 2. The molecule has 12 heteroatoms. The van der Waals surface area contributed by atoms with Crippen LogP contribution >= 0.6 is 0 Å². The number of benzene rings is 2. The number of H-pyrrole nitrogens is 1. The number of rotatable bonds is 6. The topological polar surface area (TPSA) is 97.1 Å². The number of carboxylic acid groups (broad SMARTS) is 1. The summed E-state index contributed by atoms with van der Waals surface area (Å²) in [5, 5.41) is 16.3. The molecule has 188 valence electrons. The molecule has 0 saturated carbocycles. The van der Waals surface area contributed by atoms with Crippen LogP contribution in [0, 0.1) is 0 Å². The summed E-state index contributed by atoms with van der Waals surface area (Å²) in [5.41, 5.74) is -4.10. The number of para-hydroxylation sites is 1. The summed E-state index contributed by atoms with van der Waals surface area (Å²) in [6.07, 6.45) is -10.5. The lowest BCUT2D eigenvalue weighted by Gasteiger charge is -2.32. The molecule has 0 bridgehead atoms. The summed E-state index contributed by atoms with van der Waals surface area (Å²) in [4.78, 5) is 27.4. The third-order valence-corrected chi connectivity index (χ3v) is 5.56. The summed E-state index contributed by atoms with van der Waals surface area (Å²) in [5.74, 6) is -0.967. The molecule has 1 heterocycles. The van der Waals surface area contributed by atoms with E-state index in [0.29, 0.717) is 23.1 Å². The van der Waals surface area contributed by atoms with Gasteiger partial charge in [-0.3, -0.25) is 4.79 Å². The fourth-order valence-corrected chi connectivity index (χ4v) is 3.73. The van der Waals surface area contributed by atoms with E-state index in [1.807, 2.05) is 5.32 Å². The predicted molar refractivity (Wildman–Crippen MR) is 112 cm³/mol. The van der Waals surface area contributed by atoms with Crippen LogP contribution in [0.4, 0.5) is 31.1 Å². The lowest BCUT2D eigenvalue weighted by atomic mass is 9.90. The Bertz CT molecular complexity index is 1220. The van der Waals surface area contributed by atoms with Gasteiger partial charge in [-0.15, -0.1) is 0 Å². The van der Waals surface area contributed by atoms with Crippen molar-refractivity contribution < 1.29 is 41.0 Å². The van der Waals surface area contributed by atoms with Gasteiger partial charge < -0.3 is 25.5 Å². The maximum atomic E-state index is 13.2. The summed E-state index contributed by atoms with van der Waals surface area (Å²) in [6.45, 7) is 2.43. The highest BCUT2D eigenvalue weighted by Gasteiger charge is 2.39. The molecule has 2 amide bonds. The van der Waals surface area contributed by atoms with Gasteiger partial charge in [-0.2, -0.15) is 26.3 Å². The molecule has 2 atom stereocenters. The Kier molecular flexibility index (Phi) is 6.78. The Hall–Kier alpha value is -3.70. The first-order chi connectivity index (χ1) is 16.1. The van der Waals surface area contributed by atoms with Gasteiger partial charge in [0.2, 0.25) is 5.91 Å². The van der Waals surface area contributed by atoms with Gasteiger partial charge in [0, 0.05) is 23.5 Å². The minimum Gasteiger partial charge on any atom is -0.530 e. The van der Waals surface area contributed by atoms with Crippen molar-refractivity contribution in [2.75, 3.05) is 0 Å². The highest BCUT2D eigenvalue weighted by atomic mass is 19.4. The third kappa shape index (κ3) is 5.87. The molecular weight excluding hydrogens is 480 g/mol. The van der Waals surface area contributed by atoms with Crippen molar-refractivity contribution in [3.63, 3.8) is 0 Å². The summed E-state index contributed by atoms with van der Waals surface area (Å²) < 4.78 is 79.2. The fourth-order valence-electron chi connectivity index (χ4n) is 3.73. The lowest BCUT2D eigenvalue weighted by Crippen LogP contribution is -2.61. The number of halogens is 6. The van der Waals surface area contributed by atoms with E-state index < -0.39 is 52.6 Å². The van der Waals surface area contributed by atoms with Crippen LogP contribution in [0.2, 0.25) is 0 Å². The first-order valence-corrected chi connectivity index (χ1v) is 10.2. The number of aromatic nitrogens is 1. The number of hydrogen-bond donors (Lipinski definition) is 3. The van der Waals surface area contributed by atoms with Gasteiger partial charge in [0.1, 0.15) is 11.6 Å². The van der Waals surface area contributed by atoms with Crippen molar-refractivity contribution in [2.45, 2.75) is 44.2 Å². The molecule has 0 aliphatic rings. The zero-order valence-electron chi connectivity index (χ0n) is 18.4. The first-order valence-electron chi connectivity index (χ1n) is 10.2. The maximum Gasteiger partial charge on any atom is 0.416 e. The zero-order valence-corrected chi connectivity index (χ0v) is 18.4. The largest absolute Gasteiger partial charge is 0.530 e. The molecule has 6 nitrogen and oxygen atoms in total. The van der Waals surface area contributed by atoms with Crippen molar-refractivity contribution >= 4 is 22.9 Å². The molecule has 3 N–H and O–H groups in total. The first kappa shape index (κ1) is 25.9. The number of aromatic amines is 1. The van der Waals surface area contributed by atoms with Crippen LogP contribution in [0.3, 0.4) is 0 Å².